The second-order valence-corrected chi connectivity index (χ2v) is 5.81. The Morgan fingerprint density at radius 2 is 1.43 bits per heavy atom. The fourth-order valence-corrected chi connectivity index (χ4v) is 3.33. The molecule has 2 aromatic heterocycles. The number of hydrogen-bond donors (Lipinski definition) is 1. The van der Waals surface area contributed by atoms with Gasteiger partial charge in [0.2, 0.25) is 0 Å². The summed E-state index contributed by atoms with van der Waals surface area (Å²) in [7, 11) is 0. The van der Waals surface area contributed by atoms with Crippen LogP contribution in [0.25, 0.3) is 43.8 Å². The number of hydrogen-bond acceptors (Lipinski definition) is 1. The number of aromatic amines is 1. The predicted octanol–water partition coefficient (Wildman–Crippen LogP) is 5.54. The summed E-state index contributed by atoms with van der Waals surface area (Å²) in [6.07, 6.45) is 1.99. The molecule has 0 saturated carbocycles. The molecule has 0 amide bonds. The average molecular weight is 294 g/mol. The van der Waals surface area contributed by atoms with Gasteiger partial charge in [-0.2, -0.15) is 0 Å². The summed E-state index contributed by atoms with van der Waals surface area (Å²) < 4.78 is 0. The third-order valence-electron chi connectivity index (χ3n) is 4.42. The molecule has 0 radical (unpaired) electrons. The second kappa shape index (κ2) is 4.68. The van der Waals surface area contributed by atoms with E-state index in [2.05, 4.69) is 71.7 Å². The molecule has 5 rings (SSSR count). The Labute approximate surface area is 133 Å². The van der Waals surface area contributed by atoms with Crippen LogP contribution in [-0.2, 0) is 0 Å². The van der Waals surface area contributed by atoms with Crippen molar-refractivity contribution in [2.24, 2.45) is 0 Å². The molecule has 0 saturated heterocycles. The lowest BCUT2D eigenvalue weighted by molar-refractivity contribution is 1.46. The molecule has 0 atom stereocenters. The number of nitrogens with zero attached hydrogens (tertiary/aromatic N) is 1. The third-order valence-corrected chi connectivity index (χ3v) is 4.42. The highest BCUT2D eigenvalue weighted by Gasteiger charge is 2.10. The molecule has 1 N–H and O–H groups in total. The molecule has 0 unspecified atom stereocenters. The highest BCUT2D eigenvalue weighted by molar-refractivity contribution is 6.05. The molecule has 0 aliphatic carbocycles. The topological polar surface area (TPSA) is 28.7 Å². The summed E-state index contributed by atoms with van der Waals surface area (Å²) in [6, 6.07) is 25.4. The van der Waals surface area contributed by atoms with E-state index in [9.17, 15) is 0 Å². The van der Waals surface area contributed by atoms with E-state index in [4.69, 9.17) is 4.98 Å². The first-order valence-electron chi connectivity index (χ1n) is 7.75. The Morgan fingerprint density at radius 3 is 2.39 bits per heavy atom. The molecular formula is C21H14N2. The van der Waals surface area contributed by atoms with Crippen LogP contribution >= 0.6 is 0 Å². The highest BCUT2D eigenvalue weighted by Crippen LogP contribution is 2.33. The van der Waals surface area contributed by atoms with Gasteiger partial charge in [0.25, 0.3) is 0 Å². The summed E-state index contributed by atoms with van der Waals surface area (Å²) in [5, 5.41) is 3.57. The van der Waals surface area contributed by atoms with Crippen LogP contribution < -0.4 is 0 Å². The van der Waals surface area contributed by atoms with E-state index in [-0.39, 0.29) is 0 Å². The Hall–Kier alpha value is -3.13. The molecular weight excluding hydrogens is 280 g/mol. The number of H-pyrrole nitrogens is 1. The van der Waals surface area contributed by atoms with E-state index in [0.29, 0.717) is 0 Å². The fourth-order valence-electron chi connectivity index (χ4n) is 3.33. The molecule has 0 fully saturated rings. The van der Waals surface area contributed by atoms with Crippen LogP contribution in [0.2, 0.25) is 0 Å². The molecule has 2 nitrogen and oxygen atoms in total. The Morgan fingerprint density at radius 1 is 0.652 bits per heavy atom. The van der Waals surface area contributed by atoms with Gasteiger partial charge < -0.3 is 4.98 Å². The normalized spacial score (nSPS) is 11.5. The molecule has 2 heterocycles. The van der Waals surface area contributed by atoms with E-state index >= 15 is 0 Å². The Kier molecular flexibility index (Phi) is 2.53. The number of para-hydroxylation sites is 3. The fraction of sp³-hybridized carbons (Fsp3) is 0. The zero-order valence-corrected chi connectivity index (χ0v) is 12.5. The molecule has 23 heavy (non-hydrogen) atoms. The molecule has 0 bridgehead atoms. The second-order valence-electron chi connectivity index (χ2n) is 5.81. The Bertz CT molecular complexity index is 1170. The van der Waals surface area contributed by atoms with Crippen molar-refractivity contribution in [3.8, 4) is 11.1 Å². The first kappa shape index (κ1) is 12.4. The largest absolute Gasteiger partial charge is 0.361 e. The molecule has 0 aliphatic heterocycles. The summed E-state index contributed by atoms with van der Waals surface area (Å²) in [6.45, 7) is 0. The number of fused-ring (bicyclic) bond motifs is 3. The summed E-state index contributed by atoms with van der Waals surface area (Å²) in [5.74, 6) is 0. The van der Waals surface area contributed by atoms with E-state index in [1.165, 1.54) is 27.3 Å². The first-order valence-corrected chi connectivity index (χ1v) is 7.75. The molecule has 3 aromatic carbocycles. The van der Waals surface area contributed by atoms with Crippen molar-refractivity contribution >= 4 is 32.7 Å². The van der Waals surface area contributed by atoms with Gasteiger partial charge in [-0.15, -0.1) is 0 Å². The minimum Gasteiger partial charge on any atom is -0.361 e. The van der Waals surface area contributed by atoms with Gasteiger partial charge in [0, 0.05) is 28.1 Å². The molecule has 5 aromatic rings. The Balaban J connectivity index is 1.91. The van der Waals surface area contributed by atoms with Gasteiger partial charge in [-0.25, -0.2) is 4.98 Å². The van der Waals surface area contributed by atoms with Crippen molar-refractivity contribution in [3.63, 3.8) is 0 Å². The van der Waals surface area contributed by atoms with E-state index in [1.807, 2.05) is 12.3 Å². The number of pyridine rings is 1. The quantitative estimate of drug-likeness (QED) is 0.404. The monoisotopic (exact) mass is 294 g/mol. The lowest BCUT2D eigenvalue weighted by Crippen LogP contribution is -1.88. The van der Waals surface area contributed by atoms with Crippen molar-refractivity contribution in [3.05, 3.63) is 79.0 Å². The van der Waals surface area contributed by atoms with Crippen LogP contribution in [0.4, 0.5) is 0 Å². The molecule has 0 spiro atoms. The number of benzene rings is 3. The van der Waals surface area contributed by atoms with Gasteiger partial charge >= 0.3 is 0 Å². The zero-order chi connectivity index (χ0) is 15.2. The molecule has 0 aliphatic rings. The van der Waals surface area contributed by atoms with E-state index in [0.717, 1.165) is 16.6 Å². The minimum atomic E-state index is 1.03. The first-order chi connectivity index (χ1) is 11.4. The van der Waals surface area contributed by atoms with Gasteiger partial charge in [0.15, 0.2) is 0 Å². The highest BCUT2D eigenvalue weighted by atomic mass is 14.7. The van der Waals surface area contributed by atoms with Crippen LogP contribution in [0.1, 0.15) is 0 Å². The van der Waals surface area contributed by atoms with Crippen LogP contribution in [-0.4, -0.2) is 9.97 Å². The zero-order valence-electron chi connectivity index (χ0n) is 12.5. The van der Waals surface area contributed by atoms with Crippen LogP contribution in [0.5, 0.6) is 0 Å². The summed E-state index contributed by atoms with van der Waals surface area (Å²) in [4.78, 5) is 8.29. The van der Waals surface area contributed by atoms with Crippen LogP contribution in [0.3, 0.4) is 0 Å². The lowest BCUT2D eigenvalue weighted by Gasteiger charge is -2.09. The number of aromatic nitrogens is 2. The maximum absolute atomic E-state index is 4.93. The van der Waals surface area contributed by atoms with Gasteiger partial charge in [-0.3, -0.25) is 0 Å². The van der Waals surface area contributed by atoms with Crippen molar-refractivity contribution in [2.45, 2.75) is 0 Å². The van der Waals surface area contributed by atoms with Gasteiger partial charge in [-0.05, 0) is 23.6 Å². The van der Waals surface area contributed by atoms with Gasteiger partial charge in [-0.1, -0.05) is 54.6 Å². The van der Waals surface area contributed by atoms with Crippen molar-refractivity contribution in [1.82, 2.24) is 9.97 Å². The predicted molar refractivity (Wildman–Crippen MR) is 96.5 cm³/mol. The maximum Gasteiger partial charge on any atom is 0.0788 e. The summed E-state index contributed by atoms with van der Waals surface area (Å²) >= 11 is 0. The van der Waals surface area contributed by atoms with Crippen LogP contribution in [0, 0.1) is 0 Å². The molecule has 108 valence electrons. The van der Waals surface area contributed by atoms with E-state index in [1.54, 1.807) is 0 Å². The average Bonchev–Trinajstić information content (AvgIpc) is 3.08. The minimum absolute atomic E-state index is 1.03. The number of rotatable bonds is 1. The van der Waals surface area contributed by atoms with Crippen molar-refractivity contribution in [2.75, 3.05) is 0 Å². The van der Waals surface area contributed by atoms with E-state index < -0.39 is 0 Å². The third kappa shape index (κ3) is 1.85. The van der Waals surface area contributed by atoms with Gasteiger partial charge in [0.05, 0.1) is 16.6 Å². The van der Waals surface area contributed by atoms with Crippen molar-refractivity contribution < 1.29 is 0 Å². The molecule has 2 heteroatoms. The standard InChI is InChI=1S/C21H14N2/c1-2-10-19-15(5-1)13-16-7-4-9-18(21(16)23-19)17-8-3-6-14-11-12-22-20(14)17/h1-13,22H. The van der Waals surface area contributed by atoms with Crippen molar-refractivity contribution in [1.29, 1.82) is 0 Å². The lowest BCUT2D eigenvalue weighted by atomic mass is 9.99. The summed E-state index contributed by atoms with van der Waals surface area (Å²) in [5.41, 5.74) is 5.61. The smallest absolute Gasteiger partial charge is 0.0788 e. The maximum atomic E-state index is 4.93. The van der Waals surface area contributed by atoms with Gasteiger partial charge in [0.1, 0.15) is 0 Å². The number of nitrogens with one attached hydrogen (secondary N) is 1. The SMILES string of the molecule is c1ccc2nc3c(-c4cccc5cc[nH]c45)cccc3cc2c1. The van der Waals surface area contributed by atoms with Crippen LogP contribution in [0.15, 0.2) is 79.0 Å².